The van der Waals surface area contributed by atoms with E-state index in [2.05, 4.69) is 10.2 Å². The van der Waals surface area contributed by atoms with E-state index in [0.717, 1.165) is 16.7 Å². The van der Waals surface area contributed by atoms with Gasteiger partial charge in [0.2, 0.25) is 0 Å². The van der Waals surface area contributed by atoms with Crippen molar-refractivity contribution in [1.82, 2.24) is 10.2 Å². The minimum atomic E-state index is -0.174. The Labute approximate surface area is 139 Å². The molecule has 0 aliphatic rings. The van der Waals surface area contributed by atoms with E-state index in [0.29, 0.717) is 5.56 Å². The van der Waals surface area contributed by atoms with E-state index in [1.165, 1.54) is 0 Å². The third kappa shape index (κ3) is 2.90. The molecular weight excluding hydrogens is 259 g/mol. The van der Waals surface area contributed by atoms with Gasteiger partial charge in [-0.05, 0) is 11.1 Å². The van der Waals surface area contributed by atoms with Gasteiger partial charge in [0.25, 0.3) is 5.56 Å². The van der Waals surface area contributed by atoms with Crippen molar-refractivity contribution >= 4 is 29.6 Å². The summed E-state index contributed by atoms with van der Waals surface area (Å²) in [4.78, 5) is 12.1. The van der Waals surface area contributed by atoms with Gasteiger partial charge in [-0.25, -0.2) is 5.10 Å². The molecular formula is C16H13N2NaO. The number of nitrogens with one attached hydrogen (secondary N) is 1. The molecule has 94 valence electrons. The van der Waals surface area contributed by atoms with Gasteiger partial charge in [-0.2, -0.15) is 5.10 Å². The number of H-pyrrole nitrogens is 1. The quantitative estimate of drug-likeness (QED) is 0.728. The van der Waals surface area contributed by atoms with Gasteiger partial charge in [-0.15, -0.1) is 0 Å². The number of hydrogen-bond acceptors (Lipinski definition) is 2. The number of nitrogens with zero attached hydrogens (tertiary/aromatic N) is 1. The monoisotopic (exact) mass is 272 g/mol. The fraction of sp³-hybridized carbons (Fsp3) is 0. The third-order valence-corrected chi connectivity index (χ3v) is 3.00. The molecule has 0 unspecified atom stereocenters. The molecule has 1 N–H and O–H groups in total. The van der Waals surface area contributed by atoms with Crippen molar-refractivity contribution in [1.29, 1.82) is 0 Å². The molecule has 1 heterocycles. The van der Waals surface area contributed by atoms with Gasteiger partial charge in [0.05, 0.1) is 11.8 Å². The molecule has 1 aromatic heterocycles. The summed E-state index contributed by atoms with van der Waals surface area (Å²) in [6, 6.07) is 19.4. The molecule has 3 rings (SSSR count). The summed E-state index contributed by atoms with van der Waals surface area (Å²) in [5.74, 6) is 0. The maximum atomic E-state index is 12.1. The van der Waals surface area contributed by atoms with Crippen molar-refractivity contribution in [2.24, 2.45) is 0 Å². The second kappa shape index (κ2) is 6.66. The standard InChI is InChI=1S/C16H12N2O.Na.H/c19-16-15(13-9-5-2-6-10-13)14(11-17-18-16)12-7-3-1-4-8-12;;/h1-11H,(H,18,19);;. The Bertz CT molecular complexity index is 739. The van der Waals surface area contributed by atoms with Crippen LogP contribution in [0.1, 0.15) is 0 Å². The van der Waals surface area contributed by atoms with Crippen molar-refractivity contribution in [2.75, 3.05) is 0 Å². The first-order valence-electron chi connectivity index (χ1n) is 6.05. The van der Waals surface area contributed by atoms with Crippen LogP contribution in [0.5, 0.6) is 0 Å². The molecule has 0 saturated heterocycles. The third-order valence-electron chi connectivity index (χ3n) is 3.00. The molecule has 0 radical (unpaired) electrons. The van der Waals surface area contributed by atoms with Crippen LogP contribution in [-0.4, -0.2) is 39.8 Å². The van der Waals surface area contributed by atoms with Gasteiger partial charge < -0.3 is 0 Å². The Morgan fingerprint density at radius 3 is 1.95 bits per heavy atom. The van der Waals surface area contributed by atoms with Crippen molar-refractivity contribution in [3.63, 3.8) is 0 Å². The van der Waals surface area contributed by atoms with Gasteiger partial charge in [0, 0.05) is 5.56 Å². The zero-order chi connectivity index (χ0) is 13.1. The molecule has 0 spiro atoms. The fourth-order valence-corrected chi connectivity index (χ4v) is 2.13. The van der Waals surface area contributed by atoms with Crippen LogP contribution < -0.4 is 5.56 Å². The first kappa shape index (κ1) is 14.7. The first-order chi connectivity index (χ1) is 9.36. The average Bonchev–Trinajstić information content (AvgIpc) is 2.49. The minimum absolute atomic E-state index is 0. The SMILES string of the molecule is O=c1[nH]ncc(-c2ccccc2)c1-c1ccccc1.[NaH]. The maximum absolute atomic E-state index is 12.1. The molecule has 0 aliphatic heterocycles. The molecule has 4 heteroatoms. The summed E-state index contributed by atoms with van der Waals surface area (Å²) >= 11 is 0. The van der Waals surface area contributed by atoms with Crippen molar-refractivity contribution < 1.29 is 0 Å². The molecule has 2 aromatic carbocycles. The van der Waals surface area contributed by atoms with Gasteiger partial charge in [-0.1, -0.05) is 60.7 Å². The summed E-state index contributed by atoms with van der Waals surface area (Å²) < 4.78 is 0. The topological polar surface area (TPSA) is 45.8 Å². The van der Waals surface area contributed by atoms with E-state index in [4.69, 9.17) is 0 Å². The van der Waals surface area contributed by atoms with Crippen LogP contribution in [0.15, 0.2) is 71.7 Å². The Kier molecular flexibility index (Phi) is 4.90. The van der Waals surface area contributed by atoms with E-state index < -0.39 is 0 Å². The first-order valence-corrected chi connectivity index (χ1v) is 6.05. The van der Waals surface area contributed by atoms with E-state index >= 15 is 0 Å². The van der Waals surface area contributed by atoms with Gasteiger partial charge in [-0.3, -0.25) is 4.79 Å². The summed E-state index contributed by atoms with van der Waals surface area (Å²) in [7, 11) is 0. The second-order valence-electron chi connectivity index (χ2n) is 4.22. The predicted octanol–water partition coefficient (Wildman–Crippen LogP) is 2.46. The van der Waals surface area contributed by atoms with Crippen LogP contribution in [0.2, 0.25) is 0 Å². The predicted molar refractivity (Wildman–Crippen MR) is 82.9 cm³/mol. The molecule has 20 heavy (non-hydrogen) atoms. The Hall–Kier alpha value is -1.68. The zero-order valence-electron chi connectivity index (χ0n) is 10.2. The average molecular weight is 272 g/mol. The molecule has 0 amide bonds. The molecule has 3 nitrogen and oxygen atoms in total. The van der Waals surface area contributed by atoms with Crippen molar-refractivity contribution in [2.45, 2.75) is 0 Å². The molecule has 3 aromatic rings. The Morgan fingerprint density at radius 2 is 1.35 bits per heavy atom. The van der Waals surface area contributed by atoms with Crippen LogP contribution in [0.4, 0.5) is 0 Å². The summed E-state index contributed by atoms with van der Waals surface area (Å²) in [5, 5.41) is 6.41. The van der Waals surface area contributed by atoms with Gasteiger partial charge in [0.15, 0.2) is 0 Å². The molecule has 0 saturated carbocycles. The van der Waals surface area contributed by atoms with E-state index in [1.807, 2.05) is 60.7 Å². The molecule has 0 aliphatic carbocycles. The van der Waals surface area contributed by atoms with Crippen LogP contribution in [0.3, 0.4) is 0 Å². The summed E-state index contributed by atoms with van der Waals surface area (Å²) in [6.07, 6.45) is 1.69. The van der Waals surface area contributed by atoms with Crippen LogP contribution in [0, 0.1) is 0 Å². The van der Waals surface area contributed by atoms with Crippen LogP contribution in [0.25, 0.3) is 22.3 Å². The van der Waals surface area contributed by atoms with Crippen LogP contribution in [-0.2, 0) is 0 Å². The number of aromatic amines is 1. The Balaban J connectivity index is 0.00000147. The molecule has 0 fully saturated rings. The summed E-state index contributed by atoms with van der Waals surface area (Å²) in [5.41, 5.74) is 3.20. The molecule has 0 bridgehead atoms. The second-order valence-corrected chi connectivity index (χ2v) is 4.22. The molecule has 0 atom stereocenters. The van der Waals surface area contributed by atoms with Crippen molar-refractivity contribution in [3.05, 3.63) is 77.2 Å². The Morgan fingerprint density at radius 1 is 0.800 bits per heavy atom. The number of hydrogen-bond donors (Lipinski definition) is 1. The number of rotatable bonds is 2. The fourth-order valence-electron chi connectivity index (χ4n) is 2.13. The van der Waals surface area contributed by atoms with E-state index in [1.54, 1.807) is 6.20 Å². The van der Waals surface area contributed by atoms with Gasteiger partial charge in [0.1, 0.15) is 0 Å². The summed E-state index contributed by atoms with van der Waals surface area (Å²) in [6.45, 7) is 0. The number of aromatic nitrogens is 2. The van der Waals surface area contributed by atoms with Gasteiger partial charge >= 0.3 is 29.6 Å². The number of benzene rings is 2. The van der Waals surface area contributed by atoms with E-state index in [-0.39, 0.29) is 35.1 Å². The van der Waals surface area contributed by atoms with Crippen molar-refractivity contribution in [3.8, 4) is 22.3 Å². The zero-order valence-corrected chi connectivity index (χ0v) is 10.2. The normalized spacial score (nSPS) is 9.80. The van der Waals surface area contributed by atoms with E-state index in [9.17, 15) is 4.79 Å². The van der Waals surface area contributed by atoms with Crippen LogP contribution >= 0.6 is 0 Å².